The maximum Gasteiger partial charge on any atom is 0.0906 e. The minimum atomic E-state index is -0.794. The number of aryl methyl sites for hydroxylation is 1. The molecule has 0 radical (unpaired) electrons. The van der Waals surface area contributed by atoms with E-state index >= 15 is 0 Å². The average Bonchev–Trinajstić information content (AvgIpc) is 2.80. The third-order valence-electron chi connectivity index (χ3n) is 3.81. The molecule has 1 atom stereocenters. The quantitative estimate of drug-likeness (QED) is 0.905. The summed E-state index contributed by atoms with van der Waals surface area (Å²) >= 11 is 5.96. The van der Waals surface area contributed by atoms with E-state index in [4.69, 9.17) is 11.6 Å². The van der Waals surface area contributed by atoms with Gasteiger partial charge in [-0.1, -0.05) is 48.0 Å². The van der Waals surface area contributed by atoms with Crippen LogP contribution in [0.2, 0.25) is 5.02 Å². The van der Waals surface area contributed by atoms with Gasteiger partial charge in [-0.3, -0.25) is 0 Å². The Morgan fingerprint density at radius 3 is 2.62 bits per heavy atom. The lowest BCUT2D eigenvalue weighted by Gasteiger charge is -2.25. The summed E-state index contributed by atoms with van der Waals surface area (Å²) in [4.78, 5) is 0. The van der Waals surface area contributed by atoms with Crippen LogP contribution in [0.15, 0.2) is 61.0 Å². The number of rotatable bonds is 3. The van der Waals surface area contributed by atoms with E-state index in [0.717, 1.165) is 21.7 Å². The Balaban J connectivity index is 1.94. The van der Waals surface area contributed by atoms with Crippen molar-refractivity contribution in [3.8, 4) is 11.1 Å². The normalized spacial score (nSPS) is 20.9. The fourth-order valence-electron chi connectivity index (χ4n) is 2.78. The van der Waals surface area contributed by atoms with Crippen LogP contribution in [-0.4, -0.2) is 15.3 Å². The minimum Gasteiger partial charge on any atom is -0.385 e. The molecule has 1 N–H and O–H groups in total. The van der Waals surface area contributed by atoms with Gasteiger partial charge < -0.3 is 9.67 Å². The van der Waals surface area contributed by atoms with E-state index in [2.05, 4.69) is 12.4 Å². The van der Waals surface area contributed by atoms with Crippen molar-refractivity contribution in [2.75, 3.05) is 0 Å². The van der Waals surface area contributed by atoms with Gasteiger partial charge in [0.25, 0.3) is 0 Å². The number of nitrogens with zero attached hydrogens (tertiary/aromatic N) is 1. The molecule has 21 heavy (non-hydrogen) atoms. The minimum absolute atomic E-state index is 0.604. The third kappa shape index (κ3) is 3.12. The molecule has 3 rings (SSSR count). The predicted octanol–water partition coefficient (Wildman–Crippen LogP) is 4.14. The van der Waals surface area contributed by atoms with Crippen LogP contribution in [0.5, 0.6) is 0 Å². The van der Waals surface area contributed by atoms with Crippen molar-refractivity contribution in [1.82, 2.24) is 4.57 Å². The Morgan fingerprint density at radius 2 is 1.95 bits per heavy atom. The molecule has 1 heterocycles. The lowest BCUT2D eigenvalue weighted by Crippen LogP contribution is -2.29. The van der Waals surface area contributed by atoms with Crippen molar-refractivity contribution in [2.24, 2.45) is 7.05 Å². The molecule has 1 aliphatic carbocycles. The van der Waals surface area contributed by atoms with Gasteiger partial charge >= 0.3 is 0 Å². The largest absolute Gasteiger partial charge is 0.385 e. The standard InChI is InChI=1S/C18H18ClNO/c1-20-12-15(11-18(21)9-3-2-4-10-18)17(13-20)14-5-7-16(19)8-6-14/h2-9,12-13,21H,10-11H2,1H3. The molecular formula is C18H18ClNO. The van der Waals surface area contributed by atoms with E-state index in [-0.39, 0.29) is 0 Å². The SMILES string of the molecule is Cn1cc(CC2(O)C=CC=CC2)c(-c2ccc(Cl)cc2)c1. The second-order valence-corrected chi connectivity index (χ2v) is 6.08. The zero-order chi connectivity index (χ0) is 14.9. The zero-order valence-electron chi connectivity index (χ0n) is 12.0. The van der Waals surface area contributed by atoms with Crippen LogP contribution >= 0.6 is 11.6 Å². The van der Waals surface area contributed by atoms with Crippen molar-refractivity contribution in [3.63, 3.8) is 0 Å². The van der Waals surface area contributed by atoms with Gasteiger partial charge in [0, 0.05) is 36.4 Å². The first kappa shape index (κ1) is 14.2. The van der Waals surface area contributed by atoms with E-state index in [1.54, 1.807) is 0 Å². The number of halogens is 1. The number of aromatic nitrogens is 1. The Hall–Kier alpha value is -1.77. The molecule has 0 aliphatic heterocycles. The molecule has 2 aromatic rings. The highest BCUT2D eigenvalue weighted by molar-refractivity contribution is 6.30. The second-order valence-electron chi connectivity index (χ2n) is 5.64. The molecule has 108 valence electrons. The van der Waals surface area contributed by atoms with Gasteiger partial charge in [0.2, 0.25) is 0 Å². The van der Waals surface area contributed by atoms with Crippen LogP contribution in [-0.2, 0) is 13.5 Å². The summed E-state index contributed by atoms with van der Waals surface area (Å²) < 4.78 is 2.03. The highest BCUT2D eigenvalue weighted by atomic mass is 35.5. The third-order valence-corrected chi connectivity index (χ3v) is 4.07. The first-order valence-electron chi connectivity index (χ1n) is 7.03. The van der Waals surface area contributed by atoms with Crippen molar-refractivity contribution in [3.05, 3.63) is 71.5 Å². The second kappa shape index (κ2) is 5.55. The van der Waals surface area contributed by atoms with Crippen LogP contribution in [0.3, 0.4) is 0 Å². The summed E-state index contributed by atoms with van der Waals surface area (Å²) in [6, 6.07) is 7.82. The van der Waals surface area contributed by atoms with Crippen LogP contribution in [0.4, 0.5) is 0 Å². The maximum absolute atomic E-state index is 10.7. The maximum atomic E-state index is 10.7. The van der Waals surface area contributed by atoms with Crippen molar-refractivity contribution >= 4 is 11.6 Å². The van der Waals surface area contributed by atoms with Crippen molar-refractivity contribution in [2.45, 2.75) is 18.4 Å². The average molecular weight is 300 g/mol. The molecule has 3 heteroatoms. The Bertz CT molecular complexity index is 697. The van der Waals surface area contributed by atoms with Crippen LogP contribution in [0.1, 0.15) is 12.0 Å². The van der Waals surface area contributed by atoms with Crippen molar-refractivity contribution < 1.29 is 5.11 Å². The molecule has 0 saturated heterocycles. The monoisotopic (exact) mass is 299 g/mol. The van der Waals surface area contributed by atoms with Crippen LogP contribution in [0, 0.1) is 0 Å². The van der Waals surface area contributed by atoms with Crippen LogP contribution in [0.25, 0.3) is 11.1 Å². The smallest absolute Gasteiger partial charge is 0.0906 e. The van der Waals surface area contributed by atoms with E-state index in [0.29, 0.717) is 12.8 Å². The molecule has 0 amide bonds. The summed E-state index contributed by atoms with van der Waals surface area (Å²) in [5, 5.41) is 11.4. The highest BCUT2D eigenvalue weighted by Gasteiger charge is 2.26. The Morgan fingerprint density at radius 1 is 1.19 bits per heavy atom. The topological polar surface area (TPSA) is 25.2 Å². The van der Waals surface area contributed by atoms with Gasteiger partial charge in [0.1, 0.15) is 0 Å². The van der Waals surface area contributed by atoms with Gasteiger partial charge in [-0.2, -0.15) is 0 Å². The summed E-state index contributed by atoms with van der Waals surface area (Å²) in [6.07, 6.45) is 13.2. The van der Waals surface area contributed by atoms with E-state index in [9.17, 15) is 5.11 Å². The lowest BCUT2D eigenvalue weighted by atomic mass is 9.87. The molecule has 0 bridgehead atoms. The summed E-state index contributed by atoms with van der Waals surface area (Å²) in [5.74, 6) is 0. The molecule has 1 aliphatic rings. The number of allylic oxidation sites excluding steroid dienone is 2. The Kier molecular flexibility index (Phi) is 3.75. The molecular weight excluding hydrogens is 282 g/mol. The first-order valence-corrected chi connectivity index (χ1v) is 7.41. The van der Waals surface area contributed by atoms with E-state index in [1.807, 2.05) is 60.2 Å². The molecule has 0 saturated carbocycles. The fraction of sp³-hybridized carbons (Fsp3) is 0.222. The molecule has 0 fully saturated rings. The molecule has 1 unspecified atom stereocenters. The number of aliphatic hydroxyl groups is 1. The van der Waals surface area contributed by atoms with Gasteiger partial charge in [0.15, 0.2) is 0 Å². The summed E-state index contributed by atoms with van der Waals surface area (Å²) in [7, 11) is 2.00. The first-order chi connectivity index (χ1) is 10.1. The van der Waals surface area contributed by atoms with E-state index < -0.39 is 5.60 Å². The van der Waals surface area contributed by atoms with Gasteiger partial charge in [-0.05, 0) is 29.7 Å². The Labute approximate surface area is 130 Å². The zero-order valence-corrected chi connectivity index (χ0v) is 12.7. The number of hydrogen-bond donors (Lipinski definition) is 1. The van der Waals surface area contributed by atoms with Crippen molar-refractivity contribution in [1.29, 1.82) is 0 Å². The highest BCUT2D eigenvalue weighted by Crippen LogP contribution is 2.31. The molecule has 1 aromatic heterocycles. The number of hydrogen-bond acceptors (Lipinski definition) is 1. The molecule has 2 nitrogen and oxygen atoms in total. The summed E-state index contributed by atoms with van der Waals surface area (Å²) in [6.45, 7) is 0. The van der Waals surface area contributed by atoms with Gasteiger partial charge in [0.05, 0.1) is 5.60 Å². The summed E-state index contributed by atoms with van der Waals surface area (Å²) in [5.41, 5.74) is 2.61. The molecule has 0 spiro atoms. The number of benzene rings is 1. The van der Waals surface area contributed by atoms with Gasteiger partial charge in [-0.15, -0.1) is 0 Å². The van der Waals surface area contributed by atoms with Crippen LogP contribution < -0.4 is 0 Å². The van der Waals surface area contributed by atoms with E-state index in [1.165, 1.54) is 0 Å². The predicted molar refractivity (Wildman–Crippen MR) is 87.4 cm³/mol. The van der Waals surface area contributed by atoms with Gasteiger partial charge in [-0.25, -0.2) is 0 Å². The lowest BCUT2D eigenvalue weighted by molar-refractivity contribution is 0.0936. The fourth-order valence-corrected chi connectivity index (χ4v) is 2.91. The molecule has 1 aromatic carbocycles.